The summed E-state index contributed by atoms with van der Waals surface area (Å²) in [6.45, 7) is 3.42. The molecule has 0 bridgehead atoms. The predicted molar refractivity (Wildman–Crippen MR) is 32.2 cm³/mol. The summed E-state index contributed by atoms with van der Waals surface area (Å²) in [7, 11) is 1.95. The highest BCUT2D eigenvalue weighted by Crippen LogP contribution is 2.06. The summed E-state index contributed by atoms with van der Waals surface area (Å²) < 4.78 is 0. The van der Waals surface area contributed by atoms with Gasteiger partial charge in [0.15, 0.2) is 0 Å². The quantitative estimate of drug-likeness (QED) is 0.447. The van der Waals surface area contributed by atoms with Crippen molar-refractivity contribution in [1.29, 1.82) is 0 Å². The lowest BCUT2D eigenvalue weighted by molar-refractivity contribution is 0.326. The van der Waals surface area contributed by atoms with Crippen LogP contribution in [-0.4, -0.2) is 36.3 Å². The summed E-state index contributed by atoms with van der Waals surface area (Å²) in [6.07, 6.45) is 0. The number of likely N-dealkylation sites (N-methyl/N-ethyl adjacent to an activating group) is 1. The van der Waals surface area contributed by atoms with E-state index in [1.165, 1.54) is 0 Å². The second kappa shape index (κ2) is 2.01. The molecular weight excluding hydrogens is 104 g/mol. The zero-order valence-electron chi connectivity index (χ0n) is 5.29. The Morgan fingerprint density at radius 3 is 2.38 bits per heavy atom. The van der Waals surface area contributed by atoms with Gasteiger partial charge < -0.3 is 10.3 Å². The van der Waals surface area contributed by atoms with Gasteiger partial charge in [-0.05, 0) is 14.0 Å². The van der Waals surface area contributed by atoms with Gasteiger partial charge in [0.2, 0.25) is 0 Å². The van der Waals surface area contributed by atoms with Crippen LogP contribution in [0, 0.1) is 5.21 Å². The highest BCUT2D eigenvalue weighted by atomic mass is 16.5. The summed E-state index contributed by atoms with van der Waals surface area (Å²) in [4.78, 5) is 2.01. The van der Waals surface area contributed by atoms with Gasteiger partial charge in [-0.3, -0.25) is 4.90 Å². The van der Waals surface area contributed by atoms with Gasteiger partial charge in [-0.25, -0.2) is 0 Å². The first-order chi connectivity index (χ1) is 3.70. The first-order valence-electron chi connectivity index (χ1n) is 2.82. The molecule has 0 saturated carbocycles. The molecule has 0 N–H and O–H groups in total. The minimum absolute atomic E-state index is 0.194. The van der Waals surface area contributed by atoms with Crippen LogP contribution in [-0.2, 0) is 0 Å². The van der Waals surface area contributed by atoms with Crippen LogP contribution in [0.25, 0.3) is 0 Å². The molecule has 1 aliphatic rings. The van der Waals surface area contributed by atoms with Crippen LogP contribution in [0.5, 0.6) is 0 Å². The lowest BCUT2D eigenvalue weighted by atomic mass is 10.4. The Bertz CT molecular complexity index is 76.5. The first-order valence-corrected chi connectivity index (χ1v) is 2.82. The lowest BCUT2D eigenvalue weighted by Gasteiger charge is -2.25. The van der Waals surface area contributed by atoms with Crippen molar-refractivity contribution in [1.82, 2.24) is 9.96 Å². The molecule has 0 aromatic carbocycles. The maximum absolute atomic E-state index is 10.7. The minimum Gasteiger partial charge on any atom is -0.784 e. The van der Waals surface area contributed by atoms with Gasteiger partial charge in [0.25, 0.3) is 0 Å². The second-order valence-corrected chi connectivity index (χ2v) is 2.45. The zero-order chi connectivity index (χ0) is 6.15. The molecule has 8 heavy (non-hydrogen) atoms. The van der Waals surface area contributed by atoms with E-state index in [1.54, 1.807) is 0 Å². The zero-order valence-corrected chi connectivity index (χ0v) is 5.29. The molecular formula is C5H11N2O-. The molecule has 0 spiro atoms. The molecule has 3 heteroatoms. The van der Waals surface area contributed by atoms with Crippen LogP contribution in [0.1, 0.15) is 6.92 Å². The molecule has 0 radical (unpaired) electrons. The molecule has 1 atom stereocenters. The van der Waals surface area contributed by atoms with E-state index in [9.17, 15) is 5.21 Å². The first kappa shape index (κ1) is 6.01. The Labute approximate surface area is 49.5 Å². The van der Waals surface area contributed by atoms with E-state index >= 15 is 0 Å². The van der Waals surface area contributed by atoms with Gasteiger partial charge in [-0.1, -0.05) is 0 Å². The highest BCUT2D eigenvalue weighted by molar-refractivity contribution is 4.76. The van der Waals surface area contributed by atoms with Gasteiger partial charge >= 0.3 is 0 Å². The molecule has 1 unspecified atom stereocenters. The third kappa shape index (κ3) is 0.992. The largest absolute Gasteiger partial charge is 0.784 e. The van der Waals surface area contributed by atoms with Crippen molar-refractivity contribution < 1.29 is 0 Å². The third-order valence-corrected chi connectivity index (χ3v) is 1.45. The molecule has 0 amide bonds. The van der Waals surface area contributed by atoms with Crippen molar-refractivity contribution >= 4 is 0 Å². The molecule has 1 saturated heterocycles. The molecule has 1 fully saturated rings. The van der Waals surface area contributed by atoms with E-state index in [1.807, 2.05) is 18.9 Å². The fourth-order valence-electron chi connectivity index (χ4n) is 0.977. The molecule has 1 aliphatic heterocycles. The Hall–Kier alpha value is -0.120. The summed E-state index contributed by atoms with van der Waals surface area (Å²) in [5.41, 5.74) is 0. The predicted octanol–water partition coefficient (Wildman–Crippen LogP) is 0.0776. The lowest BCUT2D eigenvalue weighted by Crippen LogP contribution is -2.20. The summed E-state index contributed by atoms with van der Waals surface area (Å²) >= 11 is 0. The molecule has 0 aliphatic carbocycles. The van der Waals surface area contributed by atoms with Crippen LogP contribution >= 0.6 is 0 Å². The van der Waals surface area contributed by atoms with E-state index < -0.39 is 0 Å². The molecule has 3 nitrogen and oxygen atoms in total. The smallest absolute Gasteiger partial charge is 0.0391 e. The maximum Gasteiger partial charge on any atom is 0.0391 e. The summed E-state index contributed by atoms with van der Waals surface area (Å²) in [6, 6.07) is 0.194. The van der Waals surface area contributed by atoms with E-state index in [0.717, 1.165) is 11.6 Å². The number of nitrogens with zero attached hydrogens (tertiary/aromatic N) is 2. The van der Waals surface area contributed by atoms with Gasteiger partial charge in [0.05, 0.1) is 0 Å². The van der Waals surface area contributed by atoms with Gasteiger partial charge in [-0.15, -0.1) is 0 Å². The van der Waals surface area contributed by atoms with Crippen LogP contribution in [0.2, 0.25) is 0 Å². The summed E-state index contributed by atoms with van der Waals surface area (Å²) in [5.74, 6) is 0. The molecule has 1 rings (SSSR count). The topological polar surface area (TPSA) is 29.5 Å². The van der Waals surface area contributed by atoms with Gasteiger partial charge in [-0.2, -0.15) is 0 Å². The van der Waals surface area contributed by atoms with Crippen molar-refractivity contribution in [2.75, 3.05) is 20.3 Å². The highest BCUT2D eigenvalue weighted by Gasteiger charge is 2.15. The Balaban J connectivity index is 2.39. The maximum atomic E-state index is 10.7. The SMILES string of the molecule is CC1CN(C)CN1[O-]. The Kier molecular flexibility index (Phi) is 1.51. The van der Waals surface area contributed by atoms with Crippen molar-refractivity contribution in [2.24, 2.45) is 0 Å². The average molecular weight is 115 g/mol. The fraction of sp³-hybridized carbons (Fsp3) is 1.00. The van der Waals surface area contributed by atoms with Crippen LogP contribution in [0.4, 0.5) is 0 Å². The third-order valence-electron chi connectivity index (χ3n) is 1.45. The Morgan fingerprint density at radius 2 is 2.25 bits per heavy atom. The van der Waals surface area contributed by atoms with Crippen molar-refractivity contribution in [2.45, 2.75) is 13.0 Å². The number of hydrogen-bond donors (Lipinski definition) is 0. The standard InChI is InChI=1S/C5H11N2O/c1-5-3-6(2)4-7(5)8/h5H,3-4H2,1-2H3/q-1. The minimum atomic E-state index is 0.194. The monoisotopic (exact) mass is 115 g/mol. The van der Waals surface area contributed by atoms with E-state index in [-0.39, 0.29) is 6.04 Å². The van der Waals surface area contributed by atoms with Crippen molar-refractivity contribution in [3.63, 3.8) is 0 Å². The molecule has 0 aromatic rings. The fourth-order valence-corrected chi connectivity index (χ4v) is 0.977. The molecule has 48 valence electrons. The second-order valence-electron chi connectivity index (χ2n) is 2.45. The van der Waals surface area contributed by atoms with Crippen LogP contribution in [0.3, 0.4) is 0 Å². The molecule has 1 heterocycles. The van der Waals surface area contributed by atoms with Crippen molar-refractivity contribution in [3.05, 3.63) is 5.21 Å². The average Bonchev–Trinajstić information content (AvgIpc) is 1.85. The normalized spacial score (nSPS) is 34.1. The molecule has 0 aromatic heterocycles. The van der Waals surface area contributed by atoms with E-state index in [4.69, 9.17) is 0 Å². The van der Waals surface area contributed by atoms with Crippen LogP contribution < -0.4 is 0 Å². The van der Waals surface area contributed by atoms with Gasteiger partial charge in [0, 0.05) is 19.3 Å². The number of hydroxylamine groups is 2. The van der Waals surface area contributed by atoms with E-state index in [0.29, 0.717) is 6.67 Å². The van der Waals surface area contributed by atoms with E-state index in [2.05, 4.69) is 0 Å². The number of hydrogen-bond acceptors (Lipinski definition) is 3. The number of rotatable bonds is 0. The van der Waals surface area contributed by atoms with Crippen LogP contribution in [0.15, 0.2) is 0 Å². The summed E-state index contributed by atoms with van der Waals surface area (Å²) in [5, 5.41) is 11.8. The van der Waals surface area contributed by atoms with Gasteiger partial charge in [0.1, 0.15) is 0 Å². The Morgan fingerprint density at radius 1 is 1.62 bits per heavy atom. The van der Waals surface area contributed by atoms with Crippen molar-refractivity contribution in [3.8, 4) is 0 Å².